The van der Waals surface area contributed by atoms with Crippen LogP contribution in [-0.4, -0.2) is 38.0 Å². The molecule has 6 heteroatoms. The summed E-state index contributed by atoms with van der Waals surface area (Å²) < 4.78 is 16.0. The normalized spacial score (nSPS) is 12.8. The molecular formula is C18H17NO5. The van der Waals surface area contributed by atoms with Crippen LogP contribution in [0.15, 0.2) is 36.4 Å². The van der Waals surface area contributed by atoms with E-state index in [1.165, 1.54) is 26.2 Å². The maximum atomic E-state index is 12.7. The van der Waals surface area contributed by atoms with Crippen molar-refractivity contribution in [3.63, 3.8) is 0 Å². The second-order valence-electron chi connectivity index (χ2n) is 5.23. The molecule has 124 valence electrons. The Labute approximate surface area is 139 Å². The molecule has 0 atom stereocenters. The zero-order valence-corrected chi connectivity index (χ0v) is 13.7. The van der Waals surface area contributed by atoms with Crippen LogP contribution in [0.25, 0.3) is 0 Å². The predicted octanol–water partition coefficient (Wildman–Crippen LogP) is 2.51. The van der Waals surface area contributed by atoms with Gasteiger partial charge in [-0.3, -0.25) is 14.5 Å². The minimum absolute atomic E-state index is 0.130. The van der Waals surface area contributed by atoms with Gasteiger partial charge in [-0.25, -0.2) is 0 Å². The van der Waals surface area contributed by atoms with Gasteiger partial charge < -0.3 is 14.2 Å². The summed E-state index contributed by atoms with van der Waals surface area (Å²) in [6, 6.07) is 10.3. The van der Waals surface area contributed by atoms with Crippen LogP contribution in [0, 0.1) is 0 Å². The van der Waals surface area contributed by atoms with E-state index in [4.69, 9.17) is 14.2 Å². The van der Waals surface area contributed by atoms with Crippen LogP contribution in [0.4, 0.5) is 0 Å². The van der Waals surface area contributed by atoms with Gasteiger partial charge in [0, 0.05) is 11.1 Å². The van der Waals surface area contributed by atoms with Gasteiger partial charge in [0.05, 0.1) is 33.4 Å². The highest BCUT2D eigenvalue weighted by Gasteiger charge is 2.37. The number of methoxy groups -OCH3 is 3. The number of imide groups is 1. The smallest absolute Gasteiger partial charge is 0.261 e. The van der Waals surface area contributed by atoms with Gasteiger partial charge in [0.1, 0.15) is 0 Å². The Kier molecular flexibility index (Phi) is 4.12. The monoisotopic (exact) mass is 327 g/mol. The number of benzene rings is 2. The Hall–Kier alpha value is -3.02. The highest BCUT2D eigenvalue weighted by atomic mass is 16.5. The maximum absolute atomic E-state index is 12.7. The molecule has 3 rings (SSSR count). The first-order valence-corrected chi connectivity index (χ1v) is 7.35. The van der Waals surface area contributed by atoms with Gasteiger partial charge in [-0.2, -0.15) is 0 Å². The number of carbonyl (C=O) groups is 2. The van der Waals surface area contributed by atoms with Crippen LogP contribution in [0.2, 0.25) is 0 Å². The topological polar surface area (TPSA) is 65.1 Å². The zero-order valence-electron chi connectivity index (χ0n) is 13.7. The molecule has 2 amide bonds. The molecule has 0 aromatic heterocycles. The van der Waals surface area contributed by atoms with Crippen molar-refractivity contribution in [3.05, 3.63) is 53.1 Å². The van der Waals surface area contributed by atoms with Crippen molar-refractivity contribution in [3.8, 4) is 17.2 Å². The fourth-order valence-corrected chi connectivity index (χ4v) is 2.84. The third kappa shape index (κ3) is 2.36. The van der Waals surface area contributed by atoms with E-state index in [1.54, 1.807) is 30.3 Å². The zero-order chi connectivity index (χ0) is 17.3. The van der Waals surface area contributed by atoms with Crippen molar-refractivity contribution in [1.82, 2.24) is 4.90 Å². The highest BCUT2D eigenvalue weighted by molar-refractivity contribution is 6.13. The van der Waals surface area contributed by atoms with Gasteiger partial charge >= 0.3 is 0 Å². The third-order valence-electron chi connectivity index (χ3n) is 3.99. The summed E-state index contributed by atoms with van der Waals surface area (Å²) in [7, 11) is 4.47. The summed E-state index contributed by atoms with van der Waals surface area (Å²) in [6.45, 7) is 0.130. The molecule has 0 bridgehead atoms. The fraction of sp³-hybridized carbons (Fsp3) is 0.222. The quantitative estimate of drug-likeness (QED) is 0.807. The molecule has 1 aliphatic rings. The van der Waals surface area contributed by atoms with Gasteiger partial charge in [0.2, 0.25) is 5.75 Å². The van der Waals surface area contributed by atoms with Crippen LogP contribution in [0.3, 0.4) is 0 Å². The van der Waals surface area contributed by atoms with Crippen molar-refractivity contribution in [2.24, 2.45) is 0 Å². The number of hydrogen-bond donors (Lipinski definition) is 0. The molecule has 2 aromatic carbocycles. The molecule has 0 saturated heterocycles. The summed E-state index contributed by atoms with van der Waals surface area (Å²) in [5.41, 5.74) is 1.45. The van der Waals surface area contributed by atoms with Gasteiger partial charge in [-0.05, 0) is 18.2 Å². The van der Waals surface area contributed by atoms with E-state index < -0.39 is 0 Å². The second kappa shape index (κ2) is 6.23. The molecule has 0 N–H and O–H groups in total. The lowest BCUT2D eigenvalue weighted by Crippen LogP contribution is -2.31. The molecule has 0 radical (unpaired) electrons. The predicted molar refractivity (Wildman–Crippen MR) is 86.7 cm³/mol. The van der Waals surface area contributed by atoms with Crippen LogP contribution in [0.1, 0.15) is 26.3 Å². The lowest BCUT2D eigenvalue weighted by molar-refractivity contribution is 0.0630. The molecule has 0 unspecified atom stereocenters. The van der Waals surface area contributed by atoms with Gasteiger partial charge in [-0.1, -0.05) is 18.2 Å². The highest BCUT2D eigenvalue weighted by Crippen LogP contribution is 2.45. The first-order valence-electron chi connectivity index (χ1n) is 7.35. The van der Waals surface area contributed by atoms with Crippen molar-refractivity contribution >= 4 is 11.8 Å². The number of hydrogen-bond acceptors (Lipinski definition) is 5. The molecule has 24 heavy (non-hydrogen) atoms. The van der Waals surface area contributed by atoms with Crippen molar-refractivity contribution in [2.45, 2.75) is 6.54 Å². The van der Waals surface area contributed by atoms with E-state index in [0.717, 1.165) is 0 Å². The van der Waals surface area contributed by atoms with E-state index in [1.807, 2.05) is 6.07 Å². The number of nitrogens with zero attached hydrogens (tertiary/aromatic N) is 1. The van der Waals surface area contributed by atoms with Crippen LogP contribution in [-0.2, 0) is 6.54 Å². The van der Waals surface area contributed by atoms with Crippen LogP contribution in [0.5, 0.6) is 17.2 Å². The summed E-state index contributed by atoms with van der Waals surface area (Å²) in [4.78, 5) is 26.5. The number of rotatable bonds is 4. The van der Waals surface area contributed by atoms with Gasteiger partial charge in [-0.15, -0.1) is 0 Å². The average molecular weight is 327 g/mol. The van der Waals surface area contributed by atoms with E-state index in [-0.39, 0.29) is 18.4 Å². The molecule has 1 aliphatic heterocycles. The van der Waals surface area contributed by atoms with Crippen molar-refractivity contribution in [2.75, 3.05) is 21.3 Å². The molecule has 0 aliphatic carbocycles. The second-order valence-corrected chi connectivity index (χ2v) is 5.23. The van der Waals surface area contributed by atoms with E-state index in [0.29, 0.717) is 33.9 Å². The number of amides is 2. The lowest BCUT2D eigenvalue weighted by Gasteiger charge is -2.15. The Morgan fingerprint density at radius 1 is 1.00 bits per heavy atom. The third-order valence-corrected chi connectivity index (χ3v) is 3.99. The van der Waals surface area contributed by atoms with Crippen molar-refractivity contribution in [1.29, 1.82) is 0 Å². The average Bonchev–Trinajstić information content (AvgIpc) is 2.96. The minimum Gasteiger partial charge on any atom is -0.493 e. The SMILES string of the molecule is COc1cc2c(c(OC)c1OC)CN(C(=O)c1ccccc1)C2=O. The first-order chi connectivity index (χ1) is 11.6. The van der Waals surface area contributed by atoms with E-state index in [2.05, 4.69) is 0 Å². The summed E-state index contributed by atoms with van der Waals surface area (Å²) in [5, 5.41) is 0. The number of carbonyl (C=O) groups excluding carboxylic acids is 2. The molecule has 2 aromatic rings. The van der Waals surface area contributed by atoms with Crippen LogP contribution < -0.4 is 14.2 Å². The Bertz CT molecular complexity index is 801. The van der Waals surface area contributed by atoms with E-state index in [9.17, 15) is 9.59 Å². The molecule has 0 saturated carbocycles. The molecular weight excluding hydrogens is 310 g/mol. The Morgan fingerprint density at radius 3 is 2.25 bits per heavy atom. The lowest BCUT2D eigenvalue weighted by atomic mass is 10.1. The summed E-state index contributed by atoms with van der Waals surface area (Å²) in [5.74, 6) is 0.467. The molecule has 0 spiro atoms. The largest absolute Gasteiger partial charge is 0.493 e. The Morgan fingerprint density at radius 2 is 1.67 bits per heavy atom. The summed E-state index contributed by atoms with van der Waals surface area (Å²) >= 11 is 0. The summed E-state index contributed by atoms with van der Waals surface area (Å²) in [6.07, 6.45) is 0. The molecule has 0 fully saturated rings. The van der Waals surface area contributed by atoms with Crippen molar-refractivity contribution < 1.29 is 23.8 Å². The Balaban J connectivity index is 2.06. The van der Waals surface area contributed by atoms with Crippen LogP contribution >= 0.6 is 0 Å². The standard InChI is InChI=1S/C18H17NO5/c1-22-14-9-12-13(15(23-2)16(14)24-3)10-19(18(12)21)17(20)11-7-5-4-6-8-11/h4-9H,10H2,1-3H3. The molecule has 1 heterocycles. The molecule has 6 nitrogen and oxygen atoms in total. The van der Waals surface area contributed by atoms with Gasteiger partial charge in [0.15, 0.2) is 11.5 Å². The first kappa shape index (κ1) is 15.9. The van der Waals surface area contributed by atoms with E-state index >= 15 is 0 Å². The maximum Gasteiger partial charge on any atom is 0.261 e. The fourth-order valence-electron chi connectivity index (χ4n) is 2.84. The number of ether oxygens (including phenoxy) is 3. The minimum atomic E-state index is -0.377. The van der Waals surface area contributed by atoms with Gasteiger partial charge in [0.25, 0.3) is 11.8 Å². The number of fused-ring (bicyclic) bond motifs is 1.